The molecule has 1 saturated heterocycles. The Kier molecular flexibility index (Phi) is 9.11. The van der Waals surface area contributed by atoms with Gasteiger partial charge in [-0.1, -0.05) is 0 Å². The fraction of sp³-hybridized carbons (Fsp3) is 0.306. The van der Waals surface area contributed by atoms with E-state index < -0.39 is 21.5 Å². The van der Waals surface area contributed by atoms with Crippen molar-refractivity contribution in [2.75, 3.05) is 63.3 Å². The fourth-order valence-corrected chi connectivity index (χ4v) is 8.33. The van der Waals surface area contributed by atoms with Crippen LogP contribution in [0.5, 0.6) is 23.0 Å². The highest BCUT2D eigenvalue weighted by Crippen LogP contribution is 2.54. The molecule has 2 aliphatic rings. The number of aromatic nitrogens is 1. The number of aryl methyl sites for hydroxylation is 1. The lowest BCUT2D eigenvalue weighted by atomic mass is 9.80. The number of amides is 1. The number of nitriles is 1. The summed E-state index contributed by atoms with van der Waals surface area (Å²) in [6.07, 6.45) is 1.76. The minimum Gasteiger partial charge on any atom is -0.497 e. The lowest BCUT2D eigenvalue weighted by molar-refractivity contribution is -0.127. The van der Waals surface area contributed by atoms with Crippen molar-refractivity contribution in [2.24, 2.45) is 0 Å². The summed E-state index contributed by atoms with van der Waals surface area (Å²) in [5.41, 5.74) is 1.29. The highest BCUT2D eigenvalue weighted by atomic mass is 32.2. The number of fused-ring (bicyclic) bond motifs is 1. The zero-order chi connectivity index (χ0) is 34.9. The Labute approximate surface area is 286 Å². The molecule has 0 saturated carbocycles. The minimum atomic E-state index is -4.60. The van der Waals surface area contributed by atoms with Crippen LogP contribution in [0.15, 0.2) is 77.8 Å². The molecular weight excluding hydrogens is 646 g/mol. The standard InChI is InChI=1S/C36H37N5O7S/c1-6-48-32-11-8-27(45-3)21-30(32)36(40-17-15-39(16-18-40)26-13-14-38-24(2)19-26)29-20-25(23-37)7-10-31(29)41(35(36)42)49(43,44)34-12-9-28(46-4)22-33(34)47-5/h7-14,19-22H,6,15-18H2,1-5H3. The molecule has 12 nitrogen and oxygen atoms in total. The first kappa shape index (κ1) is 33.6. The van der Waals surface area contributed by atoms with Crippen molar-refractivity contribution in [3.63, 3.8) is 0 Å². The fourth-order valence-electron chi connectivity index (χ4n) is 6.73. The van der Waals surface area contributed by atoms with E-state index in [-0.39, 0.29) is 28.5 Å². The monoisotopic (exact) mass is 683 g/mol. The topological polar surface area (TPSA) is 135 Å². The van der Waals surface area contributed by atoms with Gasteiger partial charge in [-0.3, -0.25) is 14.7 Å². The Hall–Kier alpha value is -5.32. The van der Waals surface area contributed by atoms with Gasteiger partial charge in [0.2, 0.25) is 0 Å². The molecule has 1 fully saturated rings. The average molecular weight is 684 g/mol. The molecule has 2 aliphatic heterocycles. The number of anilines is 2. The summed E-state index contributed by atoms with van der Waals surface area (Å²) in [4.78, 5) is 23.8. The molecule has 1 unspecified atom stereocenters. The van der Waals surface area contributed by atoms with Crippen LogP contribution >= 0.6 is 0 Å². The van der Waals surface area contributed by atoms with Crippen LogP contribution in [-0.2, 0) is 20.4 Å². The Morgan fingerprint density at radius 3 is 2.22 bits per heavy atom. The van der Waals surface area contributed by atoms with Gasteiger partial charge in [0.25, 0.3) is 15.9 Å². The number of rotatable bonds is 10. The number of benzene rings is 3. The Bertz CT molecular complexity index is 2060. The first-order valence-corrected chi connectivity index (χ1v) is 17.2. The third-order valence-electron chi connectivity index (χ3n) is 8.99. The largest absolute Gasteiger partial charge is 0.497 e. The lowest BCUT2D eigenvalue weighted by Gasteiger charge is -2.46. The first-order chi connectivity index (χ1) is 23.6. The van der Waals surface area contributed by atoms with Crippen molar-refractivity contribution < 1.29 is 32.2 Å². The maximum atomic E-state index is 15.5. The molecule has 3 aromatic carbocycles. The second-order valence-corrected chi connectivity index (χ2v) is 13.3. The molecular formula is C36H37N5O7S. The predicted molar refractivity (Wildman–Crippen MR) is 183 cm³/mol. The normalized spacial score (nSPS) is 17.8. The van der Waals surface area contributed by atoms with Crippen LogP contribution in [0, 0.1) is 18.3 Å². The molecule has 1 aromatic heterocycles. The van der Waals surface area contributed by atoms with Gasteiger partial charge in [-0.2, -0.15) is 5.26 Å². The van der Waals surface area contributed by atoms with Gasteiger partial charge >= 0.3 is 0 Å². The average Bonchev–Trinajstić information content (AvgIpc) is 3.39. The van der Waals surface area contributed by atoms with Crippen molar-refractivity contribution in [2.45, 2.75) is 24.3 Å². The first-order valence-electron chi connectivity index (χ1n) is 15.7. The summed E-state index contributed by atoms with van der Waals surface area (Å²) in [5, 5.41) is 10.0. The summed E-state index contributed by atoms with van der Waals surface area (Å²) in [7, 11) is -0.266. The zero-order valence-electron chi connectivity index (χ0n) is 28.0. The Balaban J connectivity index is 1.60. The van der Waals surface area contributed by atoms with E-state index in [2.05, 4.69) is 16.0 Å². The molecule has 3 heterocycles. The summed E-state index contributed by atoms with van der Waals surface area (Å²) < 4.78 is 53.0. The summed E-state index contributed by atoms with van der Waals surface area (Å²) in [6.45, 7) is 5.84. The van der Waals surface area contributed by atoms with Gasteiger partial charge in [-0.25, -0.2) is 12.7 Å². The van der Waals surface area contributed by atoms with E-state index in [4.69, 9.17) is 18.9 Å². The second kappa shape index (κ2) is 13.3. The van der Waals surface area contributed by atoms with Crippen molar-refractivity contribution in [3.05, 3.63) is 95.3 Å². The minimum absolute atomic E-state index is 0.0116. The molecule has 0 N–H and O–H groups in total. The van der Waals surface area contributed by atoms with Crippen LogP contribution in [0.25, 0.3) is 0 Å². The maximum absolute atomic E-state index is 15.5. The van der Waals surface area contributed by atoms with E-state index in [9.17, 15) is 13.7 Å². The van der Waals surface area contributed by atoms with E-state index in [1.165, 1.54) is 51.7 Å². The number of ether oxygens (including phenoxy) is 4. The van der Waals surface area contributed by atoms with E-state index in [0.717, 1.165) is 15.7 Å². The number of nitrogens with zero attached hydrogens (tertiary/aromatic N) is 5. The van der Waals surface area contributed by atoms with Crippen LogP contribution in [0.3, 0.4) is 0 Å². The van der Waals surface area contributed by atoms with Gasteiger partial charge in [0, 0.05) is 61.0 Å². The highest BCUT2D eigenvalue weighted by molar-refractivity contribution is 7.93. The van der Waals surface area contributed by atoms with Crippen LogP contribution in [-0.4, -0.2) is 78.3 Å². The highest BCUT2D eigenvalue weighted by Gasteiger charge is 2.61. The zero-order valence-corrected chi connectivity index (χ0v) is 28.8. The number of sulfonamides is 1. The lowest BCUT2D eigenvalue weighted by Crippen LogP contribution is -2.60. The number of carbonyl (C=O) groups excluding carboxylic acids is 1. The second-order valence-electron chi connectivity index (χ2n) is 11.6. The summed E-state index contributed by atoms with van der Waals surface area (Å²) in [6, 6.07) is 20.2. The molecule has 0 bridgehead atoms. The molecule has 4 aromatic rings. The smallest absolute Gasteiger partial charge is 0.274 e. The number of pyridine rings is 1. The van der Waals surface area contributed by atoms with Gasteiger partial charge in [0.1, 0.15) is 27.9 Å². The van der Waals surface area contributed by atoms with Crippen molar-refractivity contribution in [3.8, 4) is 29.1 Å². The summed E-state index contributed by atoms with van der Waals surface area (Å²) >= 11 is 0. The van der Waals surface area contributed by atoms with Gasteiger partial charge in [0.15, 0.2) is 5.54 Å². The van der Waals surface area contributed by atoms with E-state index in [0.29, 0.717) is 54.6 Å². The number of hydrogen-bond donors (Lipinski definition) is 0. The van der Waals surface area contributed by atoms with Crippen LogP contribution in [0.2, 0.25) is 0 Å². The molecule has 0 radical (unpaired) electrons. The molecule has 1 atom stereocenters. The molecule has 254 valence electrons. The van der Waals surface area contributed by atoms with Gasteiger partial charge in [-0.15, -0.1) is 0 Å². The SMILES string of the molecule is CCOc1ccc(OC)cc1C1(N2CCN(c3ccnc(C)c3)CC2)C(=O)N(S(=O)(=O)c2ccc(OC)cc2OC)c2ccc(C#N)cc21. The number of carbonyl (C=O) groups is 1. The molecule has 49 heavy (non-hydrogen) atoms. The van der Waals surface area contributed by atoms with E-state index in [1.54, 1.807) is 30.5 Å². The van der Waals surface area contributed by atoms with Crippen molar-refractivity contribution in [1.29, 1.82) is 5.26 Å². The maximum Gasteiger partial charge on any atom is 0.274 e. The van der Waals surface area contributed by atoms with Crippen LogP contribution in [0.4, 0.5) is 11.4 Å². The number of piperazine rings is 1. The number of methoxy groups -OCH3 is 3. The predicted octanol–water partition coefficient (Wildman–Crippen LogP) is 4.49. The molecule has 0 aliphatic carbocycles. The Morgan fingerprint density at radius 2 is 1.57 bits per heavy atom. The van der Waals surface area contributed by atoms with Gasteiger partial charge < -0.3 is 23.8 Å². The third-order valence-corrected chi connectivity index (χ3v) is 10.7. The Morgan fingerprint density at radius 1 is 0.857 bits per heavy atom. The van der Waals surface area contributed by atoms with E-state index in [1.807, 2.05) is 30.9 Å². The van der Waals surface area contributed by atoms with Gasteiger partial charge in [-0.05, 0) is 74.5 Å². The van der Waals surface area contributed by atoms with E-state index >= 15 is 4.79 Å². The molecule has 1 amide bonds. The van der Waals surface area contributed by atoms with Crippen molar-refractivity contribution >= 4 is 27.3 Å². The van der Waals surface area contributed by atoms with Crippen LogP contribution in [0.1, 0.15) is 29.3 Å². The van der Waals surface area contributed by atoms with Crippen LogP contribution < -0.4 is 28.2 Å². The van der Waals surface area contributed by atoms with Gasteiger partial charge in [0.05, 0.1) is 45.3 Å². The summed E-state index contributed by atoms with van der Waals surface area (Å²) in [5.74, 6) is 0.499. The molecule has 6 rings (SSSR count). The molecule has 13 heteroatoms. The number of hydrogen-bond acceptors (Lipinski definition) is 11. The quantitative estimate of drug-likeness (QED) is 0.234. The third kappa shape index (κ3) is 5.56. The van der Waals surface area contributed by atoms with Crippen molar-refractivity contribution in [1.82, 2.24) is 9.88 Å². The molecule has 0 spiro atoms.